The number of carbonyl (C=O) groups excluding carboxylic acids is 2. The van der Waals surface area contributed by atoms with Crippen molar-refractivity contribution >= 4 is 17.8 Å². The molecule has 1 aliphatic rings. The van der Waals surface area contributed by atoms with Crippen molar-refractivity contribution in [1.82, 2.24) is 5.32 Å². The molecule has 1 amide bonds. The molecule has 1 saturated heterocycles. The summed E-state index contributed by atoms with van der Waals surface area (Å²) in [4.78, 5) is 34.2. The van der Waals surface area contributed by atoms with Crippen molar-refractivity contribution in [3.63, 3.8) is 0 Å². The lowest BCUT2D eigenvalue weighted by Gasteiger charge is -2.32. The first kappa shape index (κ1) is 12.5. The molecule has 16 heavy (non-hydrogen) atoms. The van der Waals surface area contributed by atoms with Gasteiger partial charge in [0.25, 0.3) is 0 Å². The average molecular weight is 229 g/mol. The summed E-state index contributed by atoms with van der Waals surface area (Å²) in [6, 6.07) is 0. The van der Waals surface area contributed by atoms with Crippen LogP contribution in [0.4, 0.5) is 0 Å². The normalized spacial score (nSPS) is 24.7. The first-order chi connectivity index (χ1) is 7.53. The Bertz CT molecular complexity index is 314. The van der Waals surface area contributed by atoms with Crippen LogP contribution in [0.25, 0.3) is 0 Å². The zero-order chi connectivity index (χ0) is 12.2. The Morgan fingerprint density at radius 3 is 2.75 bits per heavy atom. The number of rotatable bonds is 4. The van der Waals surface area contributed by atoms with Crippen molar-refractivity contribution in [1.29, 1.82) is 0 Å². The molecule has 1 rings (SSSR count). The molecule has 1 unspecified atom stereocenters. The van der Waals surface area contributed by atoms with Gasteiger partial charge in [-0.2, -0.15) is 0 Å². The van der Waals surface area contributed by atoms with Gasteiger partial charge in [-0.25, -0.2) is 0 Å². The first-order valence-electron chi connectivity index (χ1n) is 5.20. The number of hydrogen-bond donors (Lipinski definition) is 2. The topological polar surface area (TPSA) is 92.7 Å². The Labute approximate surface area is 93.0 Å². The van der Waals surface area contributed by atoms with Crippen molar-refractivity contribution in [2.45, 2.75) is 26.2 Å². The number of carboxylic acid groups (broad SMARTS) is 1. The summed E-state index contributed by atoms with van der Waals surface area (Å²) in [6.07, 6.45) is 0.291. The van der Waals surface area contributed by atoms with Gasteiger partial charge < -0.3 is 15.2 Å². The van der Waals surface area contributed by atoms with E-state index in [1.807, 2.05) is 0 Å². The van der Waals surface area contributed by atoms with Crippen LogP contribution in [0, 0.1) is 5.41 Å². The van der Waals surface area contributed by atoms with E-state index >= 15 is 0 Å². The van der Waals surface area contributed by atoms with E-state index in [-0.39, 0.29) is 13.0 Å². The van der Waals surface area contributed by atoms with E-state index in [0.29, 0.717) is 13.0 Å². The first-order valence-corrected chi connectivity index (χ1v) is 5.20. The van der Waals surface area contributed by atoms with Gasteiger partial charge in [-0.15, -0.1) is 0 Å². The molecular formula is C10H15NO5. The average Bonchev–Trinajstić information content (AvgIpc) is 2.21. The van der Waals surface area contributed by atoms with E-state index in [4.69, 9.17) is 9.84 Å². The molecule has 0 aromatic heterocycles. The second kappa shape index (κ2) is 4.96. The van der Waals surface area contributed by atoms with Crippen molar-refractivity contribution in [3.8, 4) is 0 Å². The molecule has 0 bridgehead atoms. The SMILES string of the molecule is CCOC(=O)C1(CC(=O)O)CCCNC1=O. The maximum absolute atomic E-state index is 11.7. The number of amides is 1. The second-order valence-corrected chi connectivity index (χ2v) is 3.73. The monoisotopic (exact) mass is 229 g/mol. The highest BCUT2D eigenvalue weighted by Crippen LogP contribution is 2.33. The maximum Gasteiger partial charge on any atom is 0.322 e. The molecular weight excluding hydrogens is 214 g/mol. The maximum atomic E-state index is 11.7. The van der Waals surface area contributed by atoms with Gasteiger partial charge in [-0.3, -0.25) is 14.4 Å². The quantitative estimate of drug-likeness (QED) is 0.519. The van der Waals surface area contributed by atoms with Gasteiger partial charge in [0.1, 0.15) is 0 Å². The predicted molar refractivity (Wildman–Crippen MR) is 53.6 cm³/mol. The van der Waals surface area contributed by atoms with Crippen LogP contribution < -0.4 is 5.32 Å². The fourth-order valence-electron chi connectivity index (χ4n) is 1.84. The van der Waals surface area contributed by atoms with E-state index in [0.717, 1.165) is 0 Å². The van der Waals surface area contributed by atoms with Gasteiger partial charge in [0, 0.05) is 6.54 Å². The number of aliphatic carboxylic acids is 1. The molecule has 1 atom stereocenters. The smallest absolute Gasteiger partial charge is 0.322 e. The molecule has 0 saturated carbocycles. The van der Waals surface area contributed by atoms with Crippen LogP contribution in [-0.4, -0.2) is 36.1 Å². The summed E-state index contributed by atoms with van der Waals surface area (Å²) in [6.45, 7) is 2.22. The van der Waals surface area contributed by atoms with E-state index < -0.39 is 29.7 Å². The molecule has 1 fully saturated rings. The minimum Gasteiger partial charge on any atom is -0.481 e. The van der Waals surface area contributed by atoms with Crippen molar-refractivity contribution < 1.29 is 24.2 Å². The van der Waals surface area contributed by atoms with Crippen LogP contribution in [0.3, 0.4) is 0 Å². The van der Waals surface area contributed by atoms with Gasteiger partial charge >= 0.3 is 11.9 Å². The lowest BCUT2D eigenvalue weighted by molar-refractivity contribution is -0.168. The van der Waals surface area contributed by atoms with Crippen LogP contribution in [0.2, 0.25) is 0 Å². The fraction of sp³-hybridized carbons (Fsp3) is 0.700. The molecule has 0 aromatic rings. The van der Waals surface area contributed by atoms with Gasteiger partial charge in [0.2, 0.25) is 5.91 Å². The van der Waals surface area contributed by atoms with Crippen molar-refractivity contribution in [2.24, 2.45) is 5.41 Å². The lowest BCUT2D eigenvalue weighted by Crippen LogP contribution is -2.52. The largest absolute Gasteiger partial charge is 0.481 e. The Morgan fingerprint density at radius 1 is 1.56 bits per heavy atom. The molecule has 90 valence electrons. The highest BCUT2D eigenvalue weighted by atomic mass is 16.5. The van der Waals surface area contributed by atoms with Crippen LogP contribution in [0.5, 0.6) is 0 Å². The van der Waals surface area contributed by atoms with Gasteiger partial charge in [0.05, 0.1) is 13.0 Å². The van der Waals surface area contributed by atoms with Gasteiger partial charge in [-0.1, -0.05) is 0 Å². The number of nitrogens with one attached hydrogen (secondary N) is 1. The summed E-state index contributed by atoms with van der Waals surface area (Å²) in [7, 11) is 0. The van der Waals surface area contributed by atoms with Crippen LogP contribution in [0.1, 0.15) is 26.2 Å². The third-order valence-corrected chi connectivity index (χ3v) is 2.62. The Hall–Kier alpha value is -1.59. The standard InChI is InChI=1S/C10H15NO5/c1-2-16-9(15)10(6-7(12)13)4-3-5-11-8(10)14/h2-6H2,1H3,(H,11,14)(H,12,13). The van der Waals surface area contributed by atoms with Crippen LogP contribution in [0.15, 0.2) is 0 Å². The third kappa shape index (κ3) is 2.32. The van der Waals surface area contributed by atoms with Crippen molar-refractivity contribution in [2.75, 3.05) is 13.2 Å². The molecule has 1 heterocycles. The van der Waals surface area contributed by atoms with Crippen molar-refractivity contribution in [3.05, 3.63) is 0 Å². The van der Waals surface area contributed by atoms with E-state index in [1.165, 1.54) is 0 Å². The number of esters is 1. The van der Waals surface area contributed by atoms with Crippen LogP contribution in [-0.2, 0) is 19.1 Å². The van der Waals surface area contributed by atoms with Gasteiger partial charge in [0.15, 0.2) is 5.41 Å². The predicted octanol–water partition coefficient (Wildman–Crippen LogP) is -0.0794. The minimum absolute atomic E-state index is 0.132. The van der Waals surface area contributed by atoms with E-state index in [9.17, 15) is 14.4 Å². The second-order valence-electron chi connectivity index (χ2n) is 3.73. The molecule has 0 aliphatic carbocycles. The number of carbonyl (C=O) groups is 3. The Balaban J connectivity index is 2.94. The lowest BCUT2D eigenvalue weighted by atomic mass is 9.77. The zero-order valence-electron chi connectivity index (χ0n) is 9.12. The molecule has 0 radical (unpaired) electrons. The summed E-state index contributed by atoms with van der Waals surface area (Å²) >= 11 is 0. The number of hydrogen-bond acceptors (Lipinski definition) is 4. The van der Waals surface area contributed by atoms with E-state index in [1.54, 1.807) is 6.92 Å². The fourth-order valence-corrected chi connectivity index (χ4v) is 1.84. The number of piperidine rings is 1. The Morgan fingerprint density at radius 2 is 2.25 bits per heavy atom. The van der Waals surface area contributed by atoms with Crippen LogP contribution >= 0.6 is 0 Å². The summed E-state index contributed by atoms with van der Waals surface area (Å²) in [5.74, 6) is -2.46. The summed E-state index contributed by atoms with van der Waals surface area (Å²) in [5, 5.41) is 11.3. The Kier molecular flexibility index (Phi) is 3.87. The molecule has 6 heteroatoms. The molecule has 6 nitrogen and oxygen atoms in total. The third-order valence-electron chi connectivity index (χ3n) is 2.62. The van der Waals surface area contributed by atoms with Gasteiger partial charge in [-0.05, 0) is 19.8 Å². The summed E-state index contributed by atoms with van der Waals surface area (Å²) in [5.41, 5.74) is -1.54. The summed E-state index contributed by atoms with van der Waals surface area (Å²) < 4.78 is 4.79. The number of carboxylic acids is 1. The minimum atomic E-state index is -1.54. The molecule has 0 spiro atoms. The zero-order valence-corrected chi connectivity index (χ0v) is 9.12. The van der Waals surface area contributed by atoms with E-state index in [2.05, 4.69) is 5.32 Å². The molecule has 0 aromatic carbocycles. The highest BCUT2D eigenvalue weighted by Gasteiger charge is 2.50. The number of ether oxygens (including phenoxy) is 1. The molecule has 2 N–H and O–H groups in total. The molecule has 1 aliphatic heterocycles. The highest BCUT2D eigenvalue weighted by molar-refractivity contribution is 6.05.